The number of hydrogen-bond donors (Lipinski definition) is 2. The summed E-state index contributed by atoms with van der Waals surface area (Å²) in [6.07, 6.45) is -1.45. The Morgan fingerprint density at radius 2 is 1.78 bits per heavy atom. The molecule has 1 aliphatic heterocycles. The average molecular weight is 704 g/mol. The summed E-state index contributed by atoms with van der Waals surface area (Å²) in [4.78, 5) is 25.1. The van der Waals surface area contributed by atoms with Crippen LogP contribution in [0.1, 0.15) is 41.9 Å². The molecule has 1 atom stereocenters. The maximum atomic E-state index is 14.5. The largest absolute Gasteiger partial charge is 0.494 e. The Morgan fingerprint density at radius 3 is 2.50 bits per heavy atom. The molecule has 266 valence electrons. The Bertz CT molecular complexity index is 1780. The monoisotopic (exact) mass is 703 g/mol. The number of fused-ring (bicyclic) bond motifs is 1. The molecule has 11 nitrogen and oxygen atoms in total. The minimum Gasteiger partial charge on any atom is -0.494 e. The number of aliphatic hydroxyl groups is 1. The SMILES string of the molecule is CCCOc1ccc(-c2ccc(C(C(=O)OCCOCCOCCO)N3Cc4nc(-c5cccc(F)c5F)[nH]c4C=N3)cn2)c(C(F)(F)F)c1. The summed E-state index contributed by atoms with van der Waals surface area (Å²) < 4.78 is 92.0. The molecule has 2 N–H and O–H groups in total. The van der Waals surface area contributed by atoms with Crippen LogP contribution in [0, 0.1) is 11.6 Å². The lowest BCUT2D eigenvalue weighted by Crippen LogP contribution is -2.34. The van der Waals surface area contributed by atoms with Crippen molar-refractivity contribution in [3.05, 3.63) is 88.9 Å². The van der Waals surface area contributed by atoms with Crippen LogP contribution in [0.4, 0.5) is 22.0 Å². The lowest BCUT2D eigenvalue weighted by atomic mass is 10.0. The molecule has 1 aliphatic rings. The van der Waals surface area contributed by atoms with E-state index in [4.69, 9.17) is 24.1 Å². The number of alkyl halides is 3. The molecule has 0 radical (unpaired) electrons. The first kappa shape index (κ1) is 36.4. The van der Waals surface area contributed by atoms with Crippen molar-refractivity contribution in [2.24, 2.45) is 5.10 Å². The maximum absolute atomic E-state index is 14.5. The highest BCUT2D eigenvalue weighted by molar-refractivity contribution is 5.82. The molecule has 0 aliphatic carbocycles. The highest BCUT2D eigenvalue weighted by Gasteiger charge is 2.36. The van der Waals surface area contributed by atoms with Gasteiger partial charge in [-0.3, -0.25) is 9.99 Å². The molecule has 50 heavy (non-hydrogen) atoms. The number of halogens is 5. The predicted octanol–water partition coefficient (Wildman–Crippen LogP) is 5.68. The van der Waals surface area contributed by atoms with Gasteiger partial charge in [-0.1, -0.05) is 19.1 Å². The lowest BCUT2D eigenvalue weighted by molar-refractivity contribution is -0.152. The van der Waals surface area contributed by atoms with Crippen LogP contribution < -0.4 is 4.74 Å². The number of aromatic nitrogens is 3. The highest BCUT2D eigenvalue weighted by atomic mass is 19.4. The third-order valence-corrected chi connectivity index (χ3v) is 7.41. The number of imidazole rings is 1. The first-order valence-electron chi connectivity index (χ1n) is 15.7. The Morgan fingerprint density at radius 1 is 1.00 bits per heavy atom. The fourth-order valence-electron chi connectivity index (χ4n) is 5.06. The number of esters is 1. The maximum Gasteiger partial charge on any atom is 0.417 e. The van der Waals surface area contributed by atoms with Crippen LogP contribution in [0.5, 0.6) is 5.75 Å². The molecule has 0 bridgehead atoms. The second-order valence-electron chi connectivity index (χ2n) is 10.9. The number of ether oxygens (including phenoxy) is 4. The normalized spacial score (nSPS) is 13.3. The Kier molecular flexibility index (Phi) is 12.1. The predicted molar refractivity (Wildman–Crippen MR) is 170 cm³/mol. The third kappa shape index (κ3) is 8.80. The van der Waals surface area contributed by atoms with E-state index in [9.17, 15) is 26.7 Å². The van der Waals surface area contributed by atoms with E-state index in [1.54, 1.807) is 0 Å². The van der Waals surface area contributed by atoms with E-state index < -0.39 is 35.4 Å². The summed E-state index contributed by atoms with van der Waals surface area (Å²) in [6.45, 7) is 2.39. The topological polar surface area (TPSA) is 131 Å². The van der Waals surface area contributed by atoms with E-state index in [2.05, 4.69) is 20.1 Å². The standard InChI is InChI=1S/C34H34F5N5O6/c1-2-11-49-22-7-8-23(25(17-22)34(37,38)39)27-9-6-21(18-40-27)31(33(46)50-16-15-48-14-13-47-12-10-45)44-20-29-28(19-41-44)42-32(43-29)24-4-3-5-26(35)30(24)36/h3-9,17-19,31,45H,2,10-16,20H2,1H3,(H,42,43). The summed E-state index contributed by atoms with van der Waals surface area (Å²) in [5.41, 5.74) is -0.176. The number of carbonyl (C=O) groups excluding carboxylic acids is 1. The lowest BCUT2D eigenvalue weighted by Gasteiger charge is -2.29. The average Bonchev–Trinajstić information content (AvgIpc) is 3.53. The van der Waals surface area contributed by atoms with Gasteiger partial charge in [0.15, 0.2) is 17.7 Å². The van der Waals surface area contributed by atoms with Crippen molar-refractivity contribution < 1.29 is 50.8 Å². The molecule has 0 saturated heterocycles. The van der Waals surface area contributed by atoms with Crippen LogP contribution in [0.25, 0.3) is 22.6 Å². The number of nitrogens with one attached hydrogen (secondary N) is 1. The molecule has 1 unspecified atom stereocenters. The second kappa shape index (κ2) is 16.7. The van der Waals surface area contributed by atoms with Gasteiger partial charge in [0, 0.05) is 17.3 Å². The molecule has 2 aromatic carbocycles. The first-order valence-corrected chi connectivity index (χ1v) is 15.7. The van der Waals surface area contributed by atoms with E-state index in [-0.39, 0.29) is 86.8 Å². The molecule has 4 aromatic rings. The van der Waals surface area contributed by atoms with Gasteiger partial charge < -0.3 is 29.0 Å². The summed E-state index contributed by atoms with van der Waals surface area (Å²) in [5.74, 6) is -2.76. The molecule has 0 amide bonds. The fraction of sp³-hybridized carbons (Fsp3) is 0.353. The molecule has 0 fully saturated rings. The van der Waals surface area contributed by atoms with Crippen molar-refractivity contribution in [2.75, 3.05) is 46.2 Å². The highest BCUT2D eigenvalue weighted by Crippen LogP contribution is 2.39. The number of hydrogen-bond acceptors (Lipinski definition) is 10. The van der Waals surface area contributed by atoms with Gasteiger partial charge in [-0.25, -0.2) is 18.6 Å². The summed E-state index contributed by atoms with van der Waals surface area (Å²) in [7, 11) is 0. The van der Waals surface area contributed by atoms with Crippen molar-refractivity contribution >= 4 is 12.2 Å². The number of aliphatic hydroxyl groups excluding tert-OH is 1. The molecular formula is C34H34F5N5O6. The molecule has 5 rings (SSSR count). The number of benzene rings is 2. The fourth-order valence-corrected chi connectivity index (χ4v) is 5.06. The minimum absolute atomic E-state index is 0.00513. The molecule has 3 heterocycles. The summed E-state index contributed by atoms with van der Waals surface area (Å²) in [6, 6.07) is 8.92. The number of pyridine rings is 1. The van der Waals surface area contributed by atoms with Crippen LogP contribution in [-0.2, 0) is 31.7 Å². The Hall–Kier alpha value is -4.93. The van der Waals surface area contributed by atoms with E-state index in [1.807, 2.05) is 6.92 Å². The van der Waals surface area contributed by atoms with Crippen LogP contribution in [0.2, 0.25) is 0 Å². The number of H-pyrrole nitrogens is 1. The summed E-state index contributed by atoms with van der Waals surface area (Å²) in [5, 5.41) is 14.5. The number of rotatable bonds is 16. The number of nitrogens with zero attached hydrogens (tertiary/aromatic N) is 4. The second-order valence-corrected chi connectivity index (χ2v) is 10.9. The number of hydrazone groups is 1. The third-order valence-electron chi connectivity index (χ3n) is 7.41. The van der Waals surface area contributed by atoms with Crippen LogP contribution in [0.3, 0.4) is 0 Å². The minimum atomic E-state index is -4.70. The quantitative estimate of drug-likeness (QED) is 0.0860. The molecule has 0 saturated carbocycles. The molecule has 0 spiro atoms. The first-order chi connectivity index (χ1) is 24.1. The van der Waals surface area contributed by atoms with Gasteiger partial charge in [0.2, 0.25) is 0 Å². The van der Waals surface area contributed by atoms with Crippen LogP contribution in [0.15, 0.2) is 59.8 Å². The van der Waals surface area contributed by atoms with Gasteiger partial charge in [-0.15, -0.1) is 0 Å². The molecule has 2 aromatic heterocycles. The summed E-state index contributed by atoms with van der Waals surface area (Å²) >= 11 is 0. The zero-order chi connectivity index (χ0) is 35.7. The van der Waals surface area contributed by atoms with E-state index in [1.165, 1.54) is 53.8 Å². The van der Waals surface area contributed by atoms with Gasteiger partial charge in [-0.2, -0.15) is 18.3 Å². The van der Waals surface area contributed by atoms with Crippen LogP contribution >= 0.6 is 0 Å². The van der Waals surface area contributed by atoms with E-state index >= 15 is 0 Å². The Balaban J connectivity index is 1.39. The van der Waals surface area contributed by atoms with Gasteiger partial charge in [0.1, 0.15) is 18.2 Å². The van der Waals surface area contributed by atoms with Crippen molar-refractivity contribution in [1.29, 1.82) is 0 Å². The molecular weight excluding hydrogens is 669 g/mol. The zero-order valence-electron chi connectivity index (χ0n) is 26.9. The zero-order valence-corrected chi connectivity index (χ0v) is 26.9. The molecule has 16 heteroatoms. The van der Waals surface area contributed by atoms with E-state index in [0.29, 0.717) is 17.8 Å². The van der Waals surface area contributed by atoms with Gasteiger partial charge >= 0.3 is 12.1 Å². The van der Waals surface area contributed by atoms with Crippen molar-refractivity contribution in [3.63, 3.8) is 0 Å². The van der Waals surface area contributed by atoms with Crippen molar-refractivity contribution in [1.82, 2.24) is 20.0 Å². The smallest absolute Gasteiger partial charge is 0.417 e. The van der Waals surface area contributed by atoms with Crippen molar-refractivity contribution in [2.45, 2.75) is 32.1 Å². The van der Waals surface area contributed by atoms with Crippen molar-refractivity contribution in [3.8, 4) is 28.4 Å². The van der Waals surface area contributed by atoms with Gasteiger partial charge in [-0.05, 0) is 42.8 Å². The van der Waals surface area contributed by atoms with Gasteiger partial charge in [0.25, 0.3) is 0 Å². The Labute approximate surface area is 283 Å². The van der Waals surface area contributed by atoms with E-state index in [0.717, 1.165) is 12.1 Å². The van der Waals surface area contributed by atoms with Gasteiger partial charge in [0.05, 0.1) is 80.6 Å². The van der Waals surface area contributed by atoms with Crippen LogP contribution in [-0.4, -0.2) is 83.5 Å². The number of carbonyl (C=O) groups is 1. The number of aromatic amines is 1.